The number of benzene rings is 1. The highest BCUT2D eigenvalue weighted by Crippen LogP contribution is 2.23. The van der Waals surface area contributed by atoms with E-state index in [4.69, 9.17) is 0 Å². The van der Waals surface area contributed by atoms with Crippen molar-refractivity contribution in [2.75, 3.05) is 12.4 Å². The molecule has 0 saturated carbocycles. The van der Waals surface area contributed by atoms with Crippen LogP contribution in [-0.2, 0) is 11.2 Å². The van der Waals surface area contributed by atoms with E-state index in [2.05, 4.69) is 32.9 Å². The maximum atomic E-state index is 11.1. The summed E-state index contributed by atoms with van der Waals surface area (Å²) in [7, 11) is 1.36. The lowest BCUT2D eigenvalue weighted by atomic mass is 10.1. The van der Waals surface area contributed by atoms with Gasteiger partial charge in [0.2, 0.25) is 0 Å². The van der Waals surface area contributed by atoms with E-state index >= 15 is 0 Å². The van der Waals surface area contributed by atoms with E-state index in [0.29, 0.717) is 0 Å². The number of carbonyl (C=O) groups is 1. The summed E-state index contributed by atoms with van der Waals surface area (Å²) in [4.78, 5) is 11.1. The first-order chi connectivity index (χ1) is 7.67. The molecule has 3 nitrogen and oxygen atoms in total. The third-order valence-electron chi connectivity index (χ3n) is 2.29. The number of anilines is 1. The fraction of sp³-hybridized carbons (Fsp3) is 0.417. The molecule has 0 fully saturated rings. The molecule has 4 heteroatoms. The molecule has 1 aromatic carbocycles. The van der Waals surface area contributed by atoms with Gasteiger partial charge in [0.05, 0.1) is 7.11 Å². The van der Waals surface area contributed by atoms with Crippen LogP contribution in [0.1, 0.15) is 25.3 Å². The lowest BCUT2D eigenvalue weighted by molar-refractivity contribution is 0.187. The van der Waals surface area contributed by atoms with Crippen LogP contribution in [0.2, 0.25) is 0 Å². The molecule has 0 aromatic heterocycles. The van der Waals surface area contributed by atoms with Crippen LogP contribution < -0.4 is 5.32 Å². The van der Waals surface area contributed by atoms with Crippen molar-refractivity contribution in [2.45, 2.75) is 26.2 Å². The van der Waals surface area contributed by atoms with E-state index in [1.807, 2.05) is 18.2 Å². The van der Waals surface area contributed by atoms with Gasteiger partial charge in [0.1, 0.15) is 0 Å². The van der Waals surface area contributed by atoms with E-state index in [0.717, 1.165) is 35.0 Å². The molecule has 0 atom stereocenters. The second-order valence-corrected chi connectivity index (χ2v) is 4.44. The van der Waals surface area contributed by atoms with E-state index in [-0.39, 0.29) is 0 Å². The number of amides is 1. The second kappa shape index (κ2) is 6.53. The van der Waals surface area contributed by atoms with Crippen LogP contribution in [0.4, 0.5) is 10.5 Å². The Labute approximate surface area is 104 Å². The molecular formula is C12H16BrNO2. The highest BCUT2D eigenvalue weighted by molar-refractivity contribution is 9.10. The van der Waals surface area contributed by atoms with Crippen LogP contribution in [0.5, 0.6) is 0 Å². The number of ether oxygens (including phenoxy) is 1. The maximum absolute atomic E-state index is 11.1. The van der Waals surface area contributed by atoms with Gasteiger partial charge in [-0.15, -0.1) is 0 Å². The van der Waals surface area contributed by atoms with Crippen molar-refractivity contribution in [3.8, 4) is 0 Å². The summed E-state index contributed by atoms with van der Waals surface area (Å²) in [5, 5.41) is 2.71. The number of hydrogen-bond acceptors (Lipinski definition) is 2. The molecule has 0 spiro atoms. The predicted molar refractivity (Wildman–Crippen MR) is 68.8 cm³/mol. The normalized spacial score (nSPS) is 9.94. The summed E-state index contributed by atoms with van der Waals surface area (Å²) >= 11 is 3.43. The third-order valence-corrected chi connectivity index (χ3v) is 2.78. The molecule has 1 amide bonds. The van der Waals surface area contributed by atoms with Gasteiger partial charge in [0.15, 0.2) is 0 Å². The van der Waals surface area contributed by atoms with Gasteiger partial charge in [-0.25, -0.2) is 4.79 Å². The molecule has 0 radical (unpaired) electrons. The number of halogens is 1. The highest BCUT2D eigenvalue weighted by atomic mass is 79.9. The number of rotatable bonds is 4. The molecule has 1 aromatic rings. The number of unbranched alkanes of at least 4 members (excludes halogenated alkanes) is 1. The first-order valence-electron chi connectivity index (χ1n) is 5.30. The minimum atomic E-state index is -0.430. The molecule has 0 aliphatic heterocycles. The Morgan fingerprint density at radius 3 is 2.88 bits per heavy atom. The van der Waals surface area contributed by atoms with E-state index in [9.17, 15) is 4.79 Å². The van der Waals surface area contributed by atoms with Gasteiger partial charge in [0.25, 0.3) is 0 Å². The Morgan fingerprint density at radius 1 is 1.50 bits per heavy atom. The fourth-order valence-electron chi connectivity index (χ4n) is 1.42. The van der Waals surface area contributed by atoms with Crippen LogP contribution in [-0.4, -0.2) is 13.2 Å². The highest BCUT2D eigenvalue weighted by Gasteiger charge is 2.06. The Balaban J connectivity index is 2.84. The average Bonchev–Trinajstić information content (AvgIpc) is 2.29. The number of carbonyl (C=O) groups excluding carboxylic acids is 1. The van der Waals surface area contributed by atoms with Crippen LogP contribution in [0, 0.1) is 0 Å². The second-order valence-electron chi connectivity index (χ2n) is 3.52. The molecule has 1 rings (SSSR count). The fourth-order valence-corrected chi connectivity index (χ4v) is 1.83. The number of aryl methyl sites for hydroxylation is 1. The largest absolute Gasteiger partial charge is 0.453 e. The minimum absolute atomic E-state index is 0.430. The van der Waals surface area contributed by atoms with E-state index < -0.39 is 6.09 Å². The van der Waals surface area contributed by atoms with Gasteiger partial charge in [-0.1, -0.05) is 29.3 Å². The Hall–Kier alpha value is -1.03. The van der Waals surface area contributed by atoms with Gasteiger partial charge in [-0.3, -0.25) is 5.32 Å². The Kier molecular flexibility index (Phi) is 5.32. The average molecular weight is 286 g/mol. The zero-order chi connectivity index (χ0) is 12.0. The molecule has 0 heterocycles. The van der Waals surface area contributed by atoms with Gasteiger partial charge in [0, 0.05) is 10.2 Å². The Morgan fingerprint density at radius 2 is 2.25 bits per heavy atom. The zero-order valence-corrected chi connectivity index (χ0v) is 11.1. The van der Waals surface area contributed by atoms with Crippen molar-refractivity contribution in [1.82, 2.24) is 0 Å². The predicted octanol–water partition coefficient (Wildman–Crippen LogP) is 3.97. The van der Waals surface area contributed by atoms with Gasteiger partial charge in [-0.2, -0.15) is 0 Å². The smallest absolute Gasteiger partial charge is 0.411 e. The SMILES string of the molecule is CCCCc1cc(Br)ccc1NC(=O)OC. The molecule has 0 aliphatic rings. The molecule has 0 aliphatic carbocycles. The summed E-state index contributed by atoms with van der Waals surface area (Å²) in [5.74, 6) is 0. The summed E-state index contributed by atoms with van der Waals surface area (Å²) < 4.78 is 5.60. The van der Waals surface area contributed by atoms with Crippen molar-refractivity contribution in [2.24, 2.45) is 0 Å². The van der Waals surface area contributed by atoms with Crippen LogP contribution >= 0.6 is 15.9 Å². The first kappa shape index (κ1) is 13.0. The van der Waals surface area contributed by atoms with Crippen LogP contribution in [0.25, 0.3) is 0 Å². The topological polar surface area (TPSA) is 38.3 Å². The Bertz CT molecular complexity index is 366. The van der Waals surface area contributed by atoms with Crippen LogP contribution in [0.15, 0.2) is 22.7 Å². The van der Waals surface area contributed by atoms with E-state index in [1.54, 1.807) is 0 Å². The standard InChI is InChI=1S/C12H16BrNO2/c1-3-4-5-9-8-10(13)6-7-11(9)14-12(15)16-2/h6-8H,3-5H2,1-2H3,(H,14,15). The van der Waals surface area contributed by atoms with Gasteiger partial charge in [-0.05, 0) is 36.6 Å². The number of hydrogen-bond donors (Lipinski definition) is 1. The van der Waals surface area contributed by atoms with Crippen molar-refractivity contribution in [3.05, 3.63) is 28.2 Å². The molecular weight excluding hydrogens is 270 g/mol. The first-order valence-corrected chi connectivity index (χ1v) is 6.10. The number of methoxy groups -OCH3 is 1. The van der Waals surface area contributed by atoms with Crippen molar-refractivity contribution < 1.29 is 9.53 Å². The molecule has 0 bridgehead atoms. The van der Waals surface area contributed by atoms with E-state index in [1.165, 1.54) is 7.11 Å². The quantitative estimate of drug-likeness (QED) is 0.909. The minimum Gasteiger partial charge on any atom is -0.453 e. The van der Waals surface area contributed by atoms with Gasteiger partial charge < -0.3 is 4.74 Å². The number of nitrogens with one attached hydrogen (secondary N) is 1. The monoisotopic (exact) mass is 285 g/mol. The molecule has 0 saturated heterocycles. The molecule has 88 valence electrons. The lowest BCUT2D eigenvalue weighted by Crippen LogP contribution is -2.12. The van der Waals surface area contributed by atoms with Crippen molar-refractivity contribution in [1.29, 1.82) is 0 Å². The summed E-state index contributed by atoms with van der Waals surface area (Å²) in [6.07, 6.45) is 2.76. The van der Waals surface area contributed by atoms with Crippen molar-refractivity contribution >= 4 is 27.7 Å². The van der Waals surface area contributed by atoms with Crippen molar-refractivity contribution in [3.63, 3.8) is 0 Å². The summed E-state index contributed by atoms with van der Waals surface area (Å²) in [6, 6.07) is 5.81. The van der Waals surface area contributed by atoms with Crippen LogP contribution in [0.3, 0.4) is 0 Å². The van der Waals surface area contributed by atoms with Gasteiger partial charge >= 0.3 is 6.09 Å². The maximum Gasteiger partial charge on any atom is 0.411 e. The zero-order valence-electron chi connectivity index (χ0n) is 9.55. The summed E-state index contributed by atoms with van der Waals surface area (Å²) in [5.41, 5.74) is 1.95. The molecule has 1 N–H and O–H groups in total. The lowest BCUT2D eigenvalue weighted by Gasteiger charge is -2.10. The molecule has 0 unspecified atom stereocenters. The molecule has 16 heavy (non-hydrogen) atoms. The third kappa shape index (κ3) is 3.85. The summed E-state index contributed by atoms with van der Waals surface area (Å²) in [6.45, 7) is 2.14.